The van der Waals surface area contributed by atoms with E-state index in [1.165, 1.54) is 40.5 Å². The van der Waals surface area contributed by atoms with E-state index in [1.54, 1.807) is 6.07 Å². The molecule has 1 aliphatic heterocycles. The van der Waals surface area contributed by atoms with Crippen molar-refractivity contribution in [3.05, 3.63) is 74.5 Å². The molecule has 0 radical (unpaired) electrons. The fraction of sp³-hybridized carbons (Fsp3) is 0.111. The van der Waals surface area contributed by atoms with Crippen molar-refractivity contribution in [3.8, 4) is 0 Å². The maximum absolute atomic E-state index is 14.0. The summed E-state index contributed by atoms with van der Waals surface area (Å²) in [4.78, 5) is 27.6. The van der Waals surface area contributed by atoms with E-state index in [-0.39, 0.29) is 18.2 Å². The molecule has 26 heavy (non-hydrogen) atoms. The van der Waals surface area contributed by atoms with Crippen molar-refractivity contribution >= 4 is 44.8 Å². The van der Waals surface area contributed by atoms with E-state index in [0.717, 1.165) is 4.88 Å². The Morgan fingerprint density at radius 1 is 1.31 bits per heavy atom. The zero-order valence-corrected chi connectivity index (χ0v) is 15.6. The number of anilines is 1. The van der Waals surface area contributed by atoms with Crippen molar-refractivity contribution in [2.24, 2.45) is 0 Å². The highest BCUT2D eigenvalue weighted by Crippen LogP contribution is 2.39. The molecule has 8 heteroatoms. The fourth-order valence-electron chi connectivity index (χ4n) is 2.99. The number of hydrogen-bond donors (Lipinski definition) is 1. The Kier molecular flexibility index (Phi) is 4.37. The van der Waals surface area contributed by atoms with Crippen LogP contribution in [0.15, 0.2) is 56.9 Å². The predicted molar refractivity (Wildman–Crippen MR) is 98.6 cm³/mol. The van der Waals surface area contributed by atoms with Crippen molar-refractivity contribution < 1.29 is 18.4 Å². The van der Waals surface area contributed by atoms with Crippen molar-refractivity contribution in [1.29, 1.82) is 0 Å². The average molecular weight is 435 g/mol. The average Bonchev–Trinajstić information content (AvgIpc) is 3.25. The molecule has 132 valence electrons. The van der Waals surface area contributed by atoms with Gasteiger partial charge in [0.05, 0.1) is 6.04 Å². The molecule has 0 aliphatic carbocycles. The van der Waals surface area contributed by atoms with Crippen LogP contribution in [0.3, 0.4) is 0 Å². The summed E-state index contributed by atoms with van der Waals surface area (Å²) in [5.41, 5.74) is 1.02. The molecule has 4 rings (SSSR count). The molecule has 1 aliphatic rings. The van der Waals surface area contributed by atoms with Crippen LogP contribution in [0.25, 0.3) is 0 Å². The van der Waals surface area contributed by atoms with Crippen LogP contribution in [0.2, 0.25) is 0 Å². The summed E-state index contributed by atoms with van der Waals surface area (Å²) in [6.07, 6.45) is 0. The molecule has 1 aromatic carbocycles. The smallest absolute Gasteiger partial charge is 0.290 e. The lowest BCUT2D eigenvalue weighted by Gasteiger charge is -2.28. The number of fused-ring (bicyclic) bond motifs is 1. The second kappa shape index (κ2) is 6.69. The maximum Gasteiger partial charge on any atom is 0.290 e. The summed E-state index contributed by atoms with van der Waals surface area (Å²) >= 11 is 4.61. The van der Waals surface area contributed by atoms with E-state index in [4.69, 9.17) is 4.42 Å². The Labute approximate surface area is 160 Å². The van der Waals surface area contributed by atoms with E-state index in [0.29, 0.717) is 15.9 Å². The van der Waals surface area contributed by atoms with Gasteiger partial charge in [0.2, 0.25) is 5.91 Å². The number of furan rings is 1. The summed E-state index contributed by atoms with van der Waals surface area (Å²) in [5, 5.41) is 4.62. The minimum atomic E-state index is -0.601. The second-order valence-corrected chi connectivity index (χ2v) is 7.50. The van der Waals surface area contributed by atoms with E-state index in [2.05, 4.69) is 21.2 Å². The lowest BCUT2D eigenvalue weighted by molar-refractivity contribution is -0.117. The van der Waals surface area contributed by atoms with E-state index in [9.17, 15) is 14.0 Å². The van der Waals surface area contributed by atoms with Crippen molar-refractivity contribution in [2.75, 3.05) is 11.9 Å². The monoisotopic (exact) mass is 434 g/mol. The number of rotatable bonds is 2. The molecular formula is C18H12BrFN2O3S. The summed E-state index contributed by atoms with van der Waals surface area (Å²) < 4.78 is 19.7. The number of carbonyl (C=O) groups is 2. The first-order valence-corrected chi connectivity index (χ1v) is 9.39. The first-order chi connectivity index (χ1) is 12.5. The van der Waals surface area contributed by atoms with Crippen LogP contribution in [0, 0.1) is 5.82 Å². The summed E-state index contributed by atoms with van der Waals surface area (Å²) in [6, 6.07) is 10.4. The maximum atomic E-state index is 14.0. The fourth-order valence-corrected chi connectivity index (χ4v) is 4.15. The number of amides is 2. The Morgan fingerprint density at radius 3 is 2.85 bits per heavy atom. The molecule has 3 aromatic rings. The number of nitrogens with zero attached hydrogens (tertiary/aromatic N) is 1. The van der Waals surface area contributed by atoms with Gasteiger partial charge in [0.25, 0.3) is 5.91 Å². The van der Waals surface area contributed by atoms with Crippen LogP contribution in [-0.2, 0) is 4.79 Å². The minimum Gasteiger partial charge on any atom is -0.444 e. The molecule has 0 fully saturated rings. The molecule has 0 saturated carbocycles. The van der Waals surface area contributed by atoms with Crippen LogP contribution in [0.1, 0.15) is 27.0 Å². The number of thiophene rings is 1. The van der Waals surface area contributed by atoms with E-state index >= 15 is 0 Å². The third-order valence-electron chi connectivity index (χ3n) is 4.07. The lowest BCUT2D eigenvalue weighted by Crippen LogP contribution is -2.38. The van der Waals surface area contributed by atoms with Gasteiger partial charge < -0.3 is 14.6 Å². The number of benzene rings is 1. The highest BCUT2D eigenvalue weighted by atomic mass is 79.9. The predicted octanol–water partition coefficient (Wildman–Crippen LogP) is 4.43. The van der Waals surface area contributed by atoms with Gasteiger partial charge in [0.15, 0.2) is 10.4 Å². The van der Waals surface area contributed by atoms with Crippen molar-refractivity contribution in [2.45, 2.75) is 6.04 Å². The van der Waals surface area contributed by atoms with Crippen LogP contribution >= 0.6 is 27.3 Å². The van der Waals surface area contributed by atoms with E-state index in [1.807, 2.05) is 17.5 Å². The molecule has 2 amide bonds. The second-order valence-electron chi connectivity index (χ2n) is 5.73. The highest BCUT2D eigenvalue weighted by Gasteiger charge is 2.35. The molecule has 0 saturated heterocycles. The minimum absolute atomic E-state index is 0.103. The zero-order chi connectivity index (χ0) is 18.3. The van der Waals surface area contributed by atoms with Crippen LogP contribution < -0.4 is 5.32 Å². The quantitative estimate of drug-likeness (QED) is 0.648. The summed E-state index contributed by atoms with van der Waals surface area (Å²) in [7, 11) is 0. The van der Waals surface area contributed by atoms with Gasteiger partial charge in [-0.1, -0.05) is 6.07 Å². The Morgan fingerprint density at radius 2 is 2.15 bits per heavy atom. The zero-order valence-electron chi connectivity index (χ0n) is 13.2. The molecule has 1 atom stereocenters. The van der Waals surface area contributed by atoms with Crippen LogP contribution in [-0.4, -0.2) is 23.3 Å². The molecule has 0 bridgehead atoms. The lowest BCUT2D eigenvalue weighted by atomic mass is 10.0. The van der Waals surface area contributed by atoms with Gasteiger partial charge in [-0.3, -0.25) is 9.59 Å². The first-order valence-electron chi connectivity index (χ1n) is 7.72. The Bertz CT molecular complexity index is 986. The topological polar surface area (TPSA) is 62.6 Å². The molecule has 3 heterocycles. The highest BCUT2D eigenvalue weighted by molar-refractivity contribution is 9.10. The number of hydrogen-bond acceptors (Lipinski definition) is 4. The van der Waals surface area contributed by atoms with Gasteiger partial charge in [-0.15, -0.1) is 11.3 Å². The summed E-state index contributed by atoms with van der Waals surface area (Å²) in [5.74, 6) is -1.13. The van der Waals surface area contributed by atoms with Gasteiger partial charge in [0, 0.05) is 16.1 Å². The van der Waals surface area contributed by atoms with Gasteiger partial charge in [0.1, 0.15) is 12.4 Å². The van der Waals surface area contributed by atoms with Crippen molar-refractivity contribution in [3.63, 3.8) is 0 Å². The molecule has 1 N–H and O–H groups in total. The Balaban J connectivity index is 1.88. The third kappa shape index (κ3) is 3.06. The molecule has 2 aromatic heterocycles. The summed E-state index contributed by atoms with van der Waals surface area (Å²) in [6.45, 7) is -0.171. The van der Waals surface area contributed by atoms with Gasteiger partial charge in [-0.05, 0) is 57.7 Å². The van der Waals surface area contributed by atoms with Crippen LogP contribution in [0.4, 0.5) is 10.1 Å². The normalized spacial score (nSPS) is 16.8. The third-order valence-corrected chi connectivity index (χ3v) is 5.42. The molecule has 5 nitrogen and oxygen atoms in total. The van der Waals surface area contributed by atoms with Gasteiger partial charge in [-0.2, -0.15) is 0 Å². The largest absolute Gasteiger partial charge is 0.444 e. The van der Waals surface area contributed by atoms with Crippen molar-refractivity contribution in [1.82, 2.24) is 4.90 Å². The number of nitrogens with one attached hydrogen (secondary N) is 1. The SMILES string of the molecule is O=C1CN(C(=O)c2ccc(Br)o2)C(c2cccs2)c2cc(F)ccc2N1. The molecular weight excluding hydrogens is 423 g/mol. The molecule has 0 spiro atoms. The standard InChI is InChI=1S/C18H12BrFN2O3S/c19-15-6-5-13(25-15)18(24)22-9-16(23)21-12-4-3-10(20)8-11(12)17(22)14-2-1-7-26-14/h1-8,17H,9H2,(H,21,23). The Hall–Kier alpha value is -2.45. The number of carbonyl (C=O) groups excluding carboxylic acids is 2. The van der Waals surface area contributed by atoms with Gasteiger partial charge in [-0.25, -0.2) is 4.39 Å². The van der Waals surface area contributed by atoms with Crippen LogP contribution in [0.5, 0.6) is 0 Å². The van der Waals surface area contributed by atoms with E-state index < -0.39 is 17.8 Å². The number of halogens is 2. The molecule has 1 unspecified atom stereocenters. The van der Waals surface area contributed by atoms with Gasteiger partial charge >= 0.3 is 0 Å². The first kappa shape index (κ1) is 17.0.